The highest BCUT2D eigenvalue weighted by Crippen LogP contribution is 2.33. The van der Waals surface area contributed by atoms with E-state index in [-0.39, 0.29) is 0 Å². The molecule has 0 bridgehead atoms. The number of allylic oxidation sites excluding steroid dienone is 7. The molecule has 0 aliphatic rings. The molecule has 0 saturated carbocycles. The maximum Gasteiger partial charge on any atom is 0.202 e. The van der Waals surface area contributed by atoms with Crippen molar-refractivity contribution in [2.45, 2.75) is 65.7 Å². The van der Waals surface area contributed by atoms with E-state index in [0.29, 0.717) is 6.71 Å². The molecule has 0 aromatic carbocycles. The number of hydrogen-bond acceptors (Lipinski definition) is 0. The van der Waals surface area contributed by atoms with Crippen molar-refractivity contribution in [1.82, 2.24) is 0 Å². The van der Waals surface area contributed by atoms with Crippen LogP contribution >= 0.6 is 0 Å². The van der Waals surface area contributed by atoms with Crippen molar-refractivity contribution in [2.24, 2.45) is 0 Å². The Hall–Kier alpha value is -0.801. The van der Waals surface area contributed by atoms with Crippen molar-refractivity contribution in [3.8, 4) is 0 Å². The Bertz CT molecular complexity index is 490. The maximum absolute atomic E-state index is 4.03. The molecule has 3 heteroatoms. The van der Waals surface area contributed by atoms with Crippen LogP contribution in [0.3, 0.4) is 0 Å². The Labute approximate surface area is 148 Å². The van der Waals surface area contributed by atoms with E-state index >= 15 is 0 Å². The van der Waals surface area contributed by atoms with Gasteiger partial charge in [0.1, 0.15) is 0 Å². The Balaban J connectivity index is 6.26. The van der Waals surface area contributed by atoms with E-state index in [1.54, 1.807) is 10.7 Å². The fourth-order valence-electron chi connectivity index (χ4n) is 2.99. The van der Waals surface area contributed by atoms with Crippen LogP contribution in [-0.2, 0) is 0 Å². The zero-order valence-electron chi connectivity index (χ0n) is 16.6. The summed E-state index contributed by atoms with van der Waals surface area (Å²) < 4.78 is 0. The van der Waals surface area contributed by atoms with Crippen LogP contribution in [0.1, 0.15) is 26.7 Å². The minimum atomic E-state index is -1.40. The summed E-state index contributed by atoms with van der Waals surface area (Å²) in [7, 11) is -2.59. The van der Waals surface area contributed by atoms with Crippen LogP contribution in [0.2, 0.25) is 39.1 Å². The second-order valence-corrected chi connectivity index (χ2v) is 24.7. The molecular weight excluding hydrogens is 307 g/mol. The molecule has 0 fully saturated rings. The fraction of sp³-hybridized carbons (Fsp3) is 0.500. The van der Waals surface area contributed by atoms with Gasteiger partial charge < -0.3 is 0 Å². The van der Waals surface area contributed by atoms with Crippen LogP contribution < -0.4 is 0 Å². The van der Waals surface area contributed by atoms with Crippen LogP contribution in [0.15, 0.2) is 60.2 Å². The summed E-state index contributed by atoms with van der Waals surface area (Å²) in [5.74, 6) is 0. The predicted molar refractivity (Wildman–Crippen MR) is 118 cm³/mol. The molecule has 0 nitrogen and oxygen atoms in total. The summed E-state index contributed by atoms with van der Waals surface area (Å²) in [4.78, 5) is 0. The van der Waals surface area contributed by atoms with E-state index in [0.717, 1.165) is 19.2 Å². The standard InChI is InChI=1S/C20H37BSi2/c1-11-15-19(14-4)21(17-13-3)20(16-12-2)18(5)23(9,10)22(6,7)8/h11-14H,1-3,15-17H2,4-10H3/b19-14+,20-18-. The molecule has 0 aromatic rings. The second-order valence-electron chi connectivity index (χ2n) is 7.95. The topological polar surface area (TPSA) is 0 Å². The average molecular weight is 344 g/mol. The van der Waals surface area contributed by atoms with Crippen LogP contribution in [0.25, 0.3) is 0 Å². The Morgan fingerprint density at radius 2 is 1.43 bits per heavy atom. The lowest BCUT2D eigenvalue weighted by atomic mass is 9.36. The van der Waals surface area contributed by atoms with Crippen molar-refractivity contribution >= 4 is 21.9 Å². The third-order valence-electron chi connectivity index (χ3n) is 5.68. The van der Waals surface area contributed by atoms with Gasteiger partial charge in [-0.05, 0) is 33.0 Å². The molecule has 0 heterocycles. The van der Waals surface area contributed by atoms with Gasteiger partial charge >= 0.3 is 0 Å². The molecule has 0 atom stereocenters. The SMILES string of the molecule is C=CCB(/C(=C/C)CC=C)/C(CC=C)=C(/C)[Si](C)(C)[Si](C)(C)C. The lowest BCUT2D eigenvalue weighted by Gasteiger charge is -2.39. The third-order valence-corrected chi connectivity index (χ3v) is 24.0. The first-order valence-electron chi connectivity index (χ1n) is 8.76. The van der Waals surface area contributed by atoms with Crippen molar-refractivity contribution in [3.05, 3.63) is 60.2 Å². The summed E-state index contributed by atoms with van der Waals surface area (Å²) in [5.41, 5.74) is 3.06. The first kappa shape index (κ1) is 22.2. The Morgan fingerprint density at radius 1 is 0.913 bits per heavy atom. The van der Waals surface area contributed by atoms with Crippen molar-refractivity contribution in [1.29, 1.82) is 0 Å². The molecule has 0 unspecified atom stereocenters. The van der Waals surface area contributed by atoms with Gasteiger partial charge in [0.2, 0.25) is 6.71 Å². The van der Waals surface area contributed by atoms with Gasteiger partial charge in [0.05, 0.1) is 7.59 Å². The van der Waals surface area contributed by atoms with Crippen LogP contribution in [-0.4, -0.2) is 21.9 Å². The summed E-state index contributed by atoms with van der Waals surface area (Å²) in [6.07, 6.45) is 11.4. The fourth-order valence-corrected chi connectivity index (χ4v) is 9.05. The van der Waals surface area contributed by atoms with Gasteiger partial charge in [0.15, 0.2) is 0 Å². The van der Waals surface area contributed by atoms with Gasteiger partial charge in [-0.15, -0.1) is 19.7 Å². The highest BCUT2D eigenvalue weighted by Gasteiger charge is 2.40. The molecule has 0 spiro atoms. The van der Waals surface area contributed by atoms with Crippen molar-refractivity contribution < 1.29 is 0 Å². The number of rotatable bonds is 10. The summed E-state index contributed by atoms with van der Waals surface area (Å²) >= 11 is 0. The zero-order valence-corrected chi connectivity index (χ0v) is 18.6. The molecule has 0 amide bonds. The number of hydrogen-bond donors (Lipinski definition) is 0. The summed E-state index contributed by atoms with van der Waals surface area (Å²) in [6.45, 7) is 29.7. The molecule has 0 radical (unpaired) electrons. The molecule has 128 valence electrons. The maximum atomic E-state index is 4.03. The van der Waals surface area contributed by atoms with Gasteiger partial charge in [0, 0.05) is 7.59 Å². The largest absolute Gasteiger partial charge is 0.202 e. The highest BCUT2D eigenvalue weighted by molar-refractivity contribution is 7.43. The summed E-state index contributed by atoms with van der Waals surface area (Å²) in [6, 6.07) is 0. The molecule has 0 aliphatic carbocycles. The van der Waals surface area contributed by atoms with Crippen LogP contribution in [0.5, 0.6) is 0 Å². The van der Waals surface area contributed by atoms with E-state index in [9.17, 15) is 0 Å². The van der Waals surface area contributed by atoms with Gasteiger partial charge in [-0.3, -0.25) is 0 Å². The lowest BCUT2D eigenvalue weighted by molar-refractivity contribution is 1.24. The van der Waals surface area contributed by atoms with E-state index in [2.05, 4.69) is 84.5 Å². The minimum Gasteiger partial charge on any atom is -0.104 e. The molecule has 23 heavy (non-hydrogen) atoms. The molecule has 0 N–H and O–H groups in total. The molecule has 0 rings (SSSR count). The van der Waals surface area contributed by atoms with E-state index in [1.807, 2.05) is 6.08 Å². The first-order valence-corrected chi connectivity index (χ1v) is 16.3. The smallest absolute Gasteiger partial charge is 0.104 e. The zero-order chi connectivity index (χ0) is 18.3. The van der Waals surface area contributed by atoms with E-state index < -0.39 is 15.2 Å². The lowest BCUT2D eigenvalue weighted by Crippen LogP contribution is -2.54. The first-order chi connectivity index (χ1) is 10.6. The van der Waals surface area contributed by atoms with Gasteiger partial charge in [-0.25, -0.2) is 0 Å². The molecular formula is C20H37BSi2. The Morgan fingerprint density at radius 3 is 1.78 bits per heavy atom. The minimum absolute atomic E-state index is 0.455. The molecule has 0 saturated heterocycles. The van der Waals surface area contributed by atoms with Crippen LogP contribution in [0.4, 0.5) is 0 Å². The van der Waals surface area contributed by atoms with Gasteiger partial charge in [-0.1, -0.05) is 73.2 Å². The normalized spacial score (nSPS) is 14.1. The molecule has 0 aliphatic heterocycles. The van der Waals surface area contributed by atoms with E-state index in [1.165, 1.54) is 5.47 Å². The van der Waals surface area contributed by atoms with Gasteiger partial charge in [-0.2, -0.15) is 0 Å². The predicted octanol–water partition coefficient (Wildman–Crippen LogP) is 6.82. The third kappa shape index (κ3) is 5.65. The second kappa shape index (κ2) is 9.48. The average Bonchev–Trinajstić information content (AvgIpc) is 2.46. The Kier molecular flexibility index (Phi) is 9.15. The van der Waals surface area contributed by atoms with Crippen molar-refractivity contribution in [3.63, 3.8) is 0 Å². The van der Waals surface area contributed by atoms with E-state index in [4.69, 9.17) is 0 Å². The quantitative estimate of drug-likeness (QED) is 0.301. The van der Waals surface area contributed by atoms with Gasteiger partial charge in [0.25, 0.3) is 0 Å². The van der Waals surface area contributed by atoms with Crippen molar-refractivity contribution in [2.75, 3.05) is 0 Å². The van der Waals surface area contributed by atoms with Crippen LogP contribution in [0, 0.1) is 0 Å². The molecule has 0 aromatic heterocycles. The monoisotopic (exact) mass is 344 g/mol. The summed E-state index contributed by atoms with van der Waals surface area (Å²) in [5, 5.41) is 1.69. The highest BCUT2D eigenvalue weighted by atomic mass is 29.3.